The van der Waals surface area contributed by atoms with Crippen LogP contribution in [0.1, 0.15) is 32.4 Å². The predicted octanol–water partition coefficient (Wildman–Crippen LogP) is 2.54. The van der Waals surface area contributed by atoms with Crippen molar-refractivity contribution in [2.45, 2.75) is 38.9 Å². The van der Waals surface area contributed by atoms with Gasteiger partial charge in [0.05, 0.1) is 12.6 Å². The average molecular weight is 315 g/mol. The molecule has 0 saturated heterocycles. The molecule has 4 heteroatoms. The molecule has 0 aliphatic heterocycles. The van der Waals surface area contributed by atoms with E-state index in [0.717, 1.165) is 4.47 Å². The SMILES string of the molecule is CC(N)C(c1cccc(Br)c1)N(CCO)C(C)C. The van der Waals surface area contributed by atoms with Crippen molar-refractivity contribution in [2.24, 2.45) is 5.73 Å². The first-order valence-electron chi connectivity index (χ1n) is 6.35. The summed E-state index contributed by atoms with van der Waals surface area (Å²) in [6.45, 7) is 7.05. The third-order valence-electron chi connectivity index (χ3n) is 3.07. The van der Waals surface area contributed by atoms with Crippen LogP contribution >= 0.6 is 15.9 Å². The number of rotatable bonds is 6. The van der Waals surface area contributed by atoms with E-state index in [-0.39, 0.29) is 18.7 Å². The number of aliphatic hydroxyl groups excluding tert-OH is 1. The second kappa shape index (κ2) is 7.24. The molecule has 102 valence electrons. The van der Waals surface area contributed by atoms with Crippen LogP contribution in [0.4, 0.5) is 0 Å². The van der Waals surface area contributed by atoms with E-state index in [1.54, 1.807) is 0 Å². The first-order valence-corrected chi connectivity index (χ1v) is 7.14. The maximum atomic E-state index is 9.23. The fraction of sp³-hybridized carbons (Fsp3) is 0.571. The van der Waals surface area contributed by atoms with Gasteiger partial charge in [0.1, 0.15) is 0 Å². The summed E-state index contributed by atoms with van der Waals surface area (Å²) in [4.78, 5) is 2.24. The van der Waals surface area contributed by atoms with Crippen molar-refractivity contribution >= 4 is 15.9 Å². The summed E-state index contributed by atoms with van der Waals surface area (Å²) in [5, 5.41) is 9.23. The average Bonchev–Trinajstić information content (AvgIpc) is 2.27. The lowest BCUT2D eigenvalue weighted by molar-refractivity contribution is 0.105. The molecule has 0 aliphatic rings. The van der Waals surface area contributed by atoms with Gasteiger partial charge in [0.2, 0.25) is 0 Å². The Morgan fingerprint density at radius 3 is 2.44 bits per heavy atom. The summed E-state index contributed by atoms with van der Waals surface area (Å²) >= 11 is 3.50. The van der Waals surface area contributed by atoms with Crippen molar-refractivity contribution < 1.29 is 5.11 Å². The van der Waals surface area contributed by atoms with Crippen molar-refractivity contribution in [3.63, 3.8) is 0 Å². The van der Waals surface area contributed by atoms with E-state index in [9.17, 15) is 5.11 Å². The molecular formula is C14H23BrN2O. The smallest absolute Gasteiger partial charge is 0.0558 e. The van der Waals surface area contributed by atoms with Gasteiger partial charge in [-0.15, -0.1) is 0 Å². The molecule has 0 saturated carbocycles. The van der Waals surface area contributed by atoms with E-state index >= 15 is 0 Å². The number of aliphatic hydroxyl groups is 1. The molecule has 0 aliphatic carbocycles. The van der Waals surface area contributed by atoms with E-state index in [1.807, 2.05) is 19.1 Å². The molecule has 0 aromatic heterocycles. The lowest BCUT2D eigenvalue weighted by atomic mass is 9.98. The molecule has 2 atom stereocenters. The van der Waals surface area contributed by atoms with Gasteiger partial charge in [-0.25, -0.2) is 0 Å². The second-order valence-electron chi connectivity index (χ2n) is 4.91. The number of hydrogen-bond donors (Lipinski definition) is 2. The quantitative estimate of drug-likeness (QED) is 0.848. The molecular weight excluding hydrogens is 292 g/mol. The van der Waals surface area contributed by atoms with Crippen molar-refractivity contribution in [1.82, 2.24) is 4.90 Å². The molecule has 0 bridgehead atoms. The Morgan fingerprint density at radius 2 is 2.00 bits per heavy atom. The Balaban J connectivity index is 3.07. The minimum Gasteiger partial charge on any atom is -0.395 e. The molecule has 0 fully saturated rings. The van der Waals surface area contributed by atoms with Gasteiger partial charge in [0.25, 0.3) is 0 Å². The van der Waals surface area contributed by atoms with Crippen LogP contribution in [0.2, 0.25) is 0 Å². The predicted molar refractivity (Wildman–Crippen MR) is 79.5 cm³/mol. The summed E-state index contributed by atoms with van der Waals surface area (Å²) in [6.07, 6.45) is 0. The van der Waals surface area contributed by atoms with Gasteiger partial charge in [-0.2, -0.15) is 0 Å². The Hall–Kier alpha value is -0.420. The highest BCUT2D eigenvalue weighted by Gasteiger charge is 2.25. The number of nitrogens with zero attached hydrogens (tertiary/aromatic N) is 1. The largest absolute Gasteiger partial charge is 0.395 e. The summed E-state index contributed by atoms with van der Waals surface area (Å²) in [5.41, 5.74) is 7.33. The third-order valence-corrected chi connectivity index (χ3v) is 3.56. The van der Waals surface area contributed by atoms with Gasteiger partial charge in [-0.1, -0.05) is 28.1 Å². The molecule has 0 amide bonds. The lowest BCUT2D eigenvalue weighted by Gasteiger charge is -2.37. The summed E-state index contributed by atoms with van der Waals surface area (Å²) < 4.78 is 1.05. The van der Waals surface area contributed by atoms with Gasteiger partial charge >= 0.3 is 0 Å². The van der Waals surface area contributed by atoms with Gasteiger partial charge < -0.3 is 10.8 Å². The Labute approximate surface area is 118 Å². The van der Waals surface area contributed by atoms with Crippen molar-refractivity contribution in [3.05, 3.63) is 34.3 Å². The van der Waals surface area contributed by atoms with Gasteiger partial charge in [-0.3, -0.25) is 4.90 Å². The minimum absolute atomic E-state index is 0.00764. The molecule has 1 aromatic carbocycles. The normalized spacial score (nSPS) is 15.1. The molecule has 1 rings (SSSR count). The summed E-state index contributed by atoms with van der Waals surface area (Å²) in [5.74, 6) is 0. The van der Waals surface area contributed by atoms with Crippen molar-refractivity contribution in [3.8, 4) is 0 Å². The topological polar surface area (TPSA) is 49.5 Å². The Morgan fingerprint density at radius 1 is 1.33 bits per heavy atom. The molecule has 1 aromatic rings. The van der Waals surface area contributed by atoms with Crippen LogP contribution in [0.25, 0.3) is 0 Å². The fourth-order valence-corrected chi connectivity index (χ4v) is 2.74. The van der Waals surface area contributed by atoms with E-state index in [0.29, 0.717) is 12.6 Å². The fourth-order valence-electron chi connectivity index (χ4n) is 2.32. The van der Waals surface area contributed by atoms with Crippen LogP contribution in [0.3, 0.4) is 0 Å². The van der Waals surface area contributed by atoms with Crippen LogP contribution < -0.4 is 5.73 Å². The Bertz CT molecular complexity index is 369. The highest BCUT2D eigenvalue weighted by molar-refractivity contribution is 9.10. The van der Waals surface area contributed by atoms with E-state index in [2.05, 4.69) is 46.8 Å². The standard InChI is InChI=1S/C14H23BrN2O/c1-10(2)17(7-8-18)14(11(3)16)12-5-4-6-13(15)9-12/h4-6,9-11,14,18H,7-8,16H2,1-3H3. The first-order chi connectivity index (χ1) is 8.47. The second-order valence-corrected chi connectivity index (χ2v) is 5.83. The van der Waals surface area contributed by atoms with Crippen LogP contribution in [0.15, 0.2) is 28.7 Å². The molecule has 0 spiro atoms. The molecule has 0 radical (unpaired) electrons. The number of benzene rings is 1. The Kier molecular flexibility index (Phi) is 6.29. The molecule has 3 nitrogen and oxygen atoms in total. The van der Waals surface area contributed by atoms with Crippen molar-refractivity contribution in [2.75, 3.05) is 13.2 Å². The van der Waals surface area contributed by atoms with Gasteiger partial charge in [-0.05, 0) is 38.5 Å². The zero-order chi connectivity index (χ0) is 13.7. The monoisotopic (exact) mass is 314 g/mol. The molecule has 0 heterocycles. The van der Waals surface area contributed by atoms with Crippen LogP contribution in [0, 0.1) is 0 Å². The number of halogens is 1. The maximum absolute atomic E-state index is 9.23. The maximum Gasteiger partial charge on any atom is 0.0558 e. The zero-order valence-corrected chi connectivity index (χ0v) is 12.9. The number of nitrogens with two attached hydrogens (primary N) is 1. The molecule has 18 heavy (non-hydrogen) atoms. The summed E-state index contributed by atoms with van der Waals surface area (Å²) in [7, 11) is 0. The lowest BCUT2D eigenvalue weighted by Crippen LogP contribution is -2.44. The van der Waals surface area contributed by atoms with Crippen LogP contribution in [-0.2, 0) is 0 Å². The number of hydrogen-bond acceptors (Lipinski definition) is 3. The molecule has 2 unspecified atom stereocenters. The van der Waals surface area contributed by atoms with Gasteiger partial charge in [0.15, 0.2) is 0 Å². The minimum atomic E-state index is 0.00764. The van der Waals surface area contributed by atoms with Crippen molar-refractivity contribution in [1.29, 1.82) is 0 Å². The van der Waals surface area contributed by atoms with E-state index in [4.69, 9.17) is 5.73 Å². The zero-order valence-electron chi connectivity index (χ0n) is 11.3. The van der Waals surface area contributed by atoms with E-state index < -0.39 is 0 Å². The third kappa shape index (κ3) is 4.05. The van der Waals surface area contributed by atoms with Crippen LogP contribution in [0.5, 0.6) is 0 Å². The van der Waals surface area contributed by atoms with Crippen LogP contribution in [-0.4, -0.2) is 35.2 Å². The van der Waals surface area contributed by atoms with Gasteiger partial charge in [0, 0.05) is 23.1 Å². The summed E-state index contributed by atoms with van der Waals surface area (Å²) in [6, 6.07) is 8.68. The highest BCUT2D eigenvalue weighted by atomic mass is 79.9. The van der Waals surface area contributed by atoms with E-state index in [1.165, 1.54) is 5.56 Å². The highest BCUT2D eigenvalue weighted by Crippen LogP contribution is 2.27. The first kappa shape index (κ1) is 15.6. The molecule has 3 N–H and O–H groups in total.